The number of allylic oxidation sites excluding steroid dienone is 2. The van der Waals surface area contributed by atoms with E-state index in [-0.39, 0.29) is 19.0 Å². The van der Waals surface area contributed by atoms with Gasteiger partial charge in [0.15, 0.2) is 0 Å². The highest BCUT2D eigenvalue weighted by Crippen LogP contribution is 2.56. The standard InChI is InChI=1S/C32H36N6O3/c1-29(2,3)31(10-20(12-37-31)26-16-33-22(18-39)14-35-26)24-8-7-9-25(28(24)41)32(30(4,5)6)11-21(13-38-32)27-17-34-23(19-40)15-36-27/h7-17,39-41H,18-19H2,1-6H3. The second-order valence-electron chi connectivity index (χ2n) is 12.6. The van der Waals surface area contributed by atoms with Crippen molar-refractivity contribution in [1.29, 1.82) is 0 Å². The van der Waals surface area contributed by atoms with Crippen molar-refractivity contribution in [3.63, 3.8) is 0 Å². The largest absolute Gasteiger partial charge is 0.507 e. The van der Waals surface area contributed by atoms with Crippen LogP contribution in [0.1, 0.15) is 75.4 Å². The molecule has 0 bridgehead atoms. The first kappa shape index (κ1) is 28.4. The van der Waals surface area contributed by atoms with Crippen LogP contribution in [0.5, 0.6) is 5.75 Å². The molecule has 0 aliphatic carbocycles. The first-order valence-electron chi connectivity index (χ1n) is 13.6. The molecule has 2 aliphatic rings. The number of aromatic nitrogens is 4. The van der Waals surface area contributed by atoms with Gasteiger partial charge in [-0.1, -0.05) is 59.7 Å². The van der Waals surface area contributed by atoms with E-state index in [0.29, 0.717) is 33.9 Å². The normalized spacial score (nSPS) is 22.2. The van der Waals surface area contributed by atoms with Crippen LogP contribution in [0, 0.1) is 10.8 Å². The van der Waals surface area contributed by atoms with E-state index in [1.807, 2.05) is 30.4 Å². The molecule has 0 saturated carbocycles. The topological polar surface area (TPSA) is 137 Å². The number of aromatic hydroxyl groups is 1. The van der Waals surface area contributed by atoms with E-state index < -0.39 is 21.9 Å². The van der Waals surface area contributed by atoms with Crippen LogP contribution in [0.15, 0.2) is 65.1 Å². The van der Waals surface area contributed by atoms with E-state index in [1.54, 1.807) is 37.2 Å². The molecule has 212 valence electrons. The van der Waals surface area contributed by atoms with Gasteiger partial charge in [0.05, 0.1) is 60.8 Å². The van der Waals surface area contributed by atoms with Gasteiger partial charge >= 0.3 is 0 Å². The quantitative estimate of drug-likeness (QED) is 0.400. The van der Waals surface area contributed by atoms with Crippen molar-refractivity contribution in [2.45, 2.75) is 65.8 Å². The van der Waals surface area contributed by atoms with Crippen molar-refractivity contribution < 1.29 is 15.3 Å². The summed E-state index contributed by atoms with van der Waals surface area (Å²) in [5.41, 5.74) is 2.56. The van der Waals surface area contributed by atoms with Crippen LogP contribution in [0.3, 0.4) is 0 Å². The van der Waals surface area contributed by atoms with E-state index in [9.17, 15) is 15.3 Å². The second kappa shape index (κ2) is 10.1. The lowest BCUT2D eigenvalue weighted by atomic mass is 9.66. The first-order valence-corrected chi connectivity index (χ1v) is 13.6. The van der Waals surface area contributed by atoms with Crippen molar-refractivity contribution >= 4 is 23.6 Å². The highest BCUT2D eigenvalue weighted by molar-refractivity contribution is 6.12. The number of aliphatic imine (C=N–C) groups is 2. The SMILES string of the molecule is CC(C)(C)C1(c2cccc(C3(C(C)(C)C)C=C(c4cnc(CO)cn4)C=N3)c2O)C=C(c2cnc(CO)cn2)C=N1. The summed E-state index contributed by atoms with van der Waals surface area (Å²) in [6, 6.07) is 5.78. The van der Waals surface area contributed by atoms with Gasteiger partial charge in [0.1, 0.15) is 16.8 Å². The molecule has 2 aromatic heterocycles. The van der Waals surface area contributed by atoms with Crippen LogP contribution >= 0.6 is 0 Å². The number of hydrogen-bond acceptors (Lipinski definition) is 9. The Labute approximate surface area is 240 Å². The molecular formula is C32H36N6O3. The van der Waals surface area contributed by atoms with Crippen molar-refractivity contribution in [3.8, 4) is 5.75 Å². The Morgan fingerprint density at radius 1 is 0.634 bits per heavy atom. The minimum absolute atomic E-state index is 0.130. The van der Waals surface area contributed by atoms with Crippen LogP contribution in [0.2, 0.25) is 0 Å². The average Bonchev–Trinajstić information content (AvgIpc) is 3.60. The molecule has 9 nitrogen and oxygen atoms in total. The number of hydrogen-bond donors (Lipinski definition) is 3. The van der Waals surface area contributed by atoms with Gasteiger partial charge in [-0.2, -0.15) is 0 Å². The zero-order valence-electron chi connectivity index (χ0n) is 24.3. The molecular weight excluding hydrogens is 516 g/mol. The third kappa shape index (κ3) is 4.69. The number of nitrogens with zero attached hydrogens (tertiary/aromatic N) is 6. The third-order valence-corrected chi connectivity index (χ3v) is 8.01. The van der Waals surface area contributed by atoms with E-state index in [1.165, 1.54) is 0 Å². The van der Waals surface area contributed by atoms with Gasteiger partial charge in [-0.15, -0.1) is 0 Å². The lowest BCUT2D eigenvalue weighted by Gasteiger charge is -2.42. The lowest BCUT2D eigenvalue weighted by molar-refractivity contribution is 0.231. The Hall–Kier alpha value is -4.08. The predicted octanol–water partition coefficient (Wildman–Crippen LogP) is 4.78. The summed E-state index contributed by atoms with van der Waals surface area (Å²) in [6.07, 6.45) is 14.0. The predicted molar refractivity (Wildman–Crippen MR) is 159 cm³/mol. The van der Waals surface area contributed by atoms with Crippen LogP contribution in [0.4, 0.5) is 0 Å². The molecule has 1 aromatic carbocycles. The minimum Gasteiger partial charge on any atom is -0.507 e. The number of phenolic OH excluding ortho intramolecular Hbond substituents is 1. The highest BCUT2D eigenvalue weighted by atomic mass is 16.3. The molecule has 41 heavy (non-hydrogen) atoms. The monoisotopic (exact) mass is 552 g/mol. The molecule has 9 heteroatoms. The number of para-hydroxylation sites is 1. The number of phenols is 1. The fraction of sp³-hybridized carbons (Fsp3) is 0.375. The molecule has 0 radical (unpaired) electrons. The molecule has 3 aromatic rings. The Balaban J connectivity index is 1.65. The number of aliphatic hydroxyl groups excluding tert-OH is 2. The molecule has 0 spiro atoms. The molecule has 3 N–H and O–H groups in total. The Morgan fingerprint density at radius 2 is 1.05 bits per heavy atom. The van der Waals surface area contributed by atoms with Gasteiger partial charge in [0, 0.05) is 34.7 Å². The van der Waals surface area contributed by atoms with Gasteiger partial charge in [-0.25, -0.2) is 0 Å². The highest BCUT2D eigenvalue weighted by Gasteiger charge is 2.50. The zero-order chi connectivity index (χ0) is 29.6. The maximum atomic E-state index is 12.1. The number of aliphatic hydroxyl groups is 2. The third-order valence-electron chi connectivity index (χ3n) is 8.01. The van der Waals surface area contributed by atoms with Crippen molar-refractivity contribution in [3.05, 3.63) is 89.0 Å². The minimum atomic E-state index is -0.890. The first-order chi connectivity index (χ1) is 19.3. The van der Waals surface area contributed by atoms with Gasteiger partial charge < -0.3 is 15.3 Å². The van der Waals surface area contributed by atoms with Crippen LogP contribution < -0.4 is 0 Å². The molecule has 4 heterocycles. The fourth-order valence-electron chi connectivity index (χ4n) is 5.47. The molecule has 2 atom stereocenters. The molecule has 0 fully saturated rings. The molecule has 0 amide bonds. The summed E-state index contributed by atoms with van der Waals surface area (Å²) >= 11 is 0. The van der Waals surface area contributed by atoms with Gasteiger partial charge in [0.25, 0.3) is 0 Å². The van der Waals surface area contributed by atoms with Crippen LogP contribution in [0.25, 0.3) is 11.1 Å². The molecule has 5 rings (SSSR count). The smallest absolute Gasteiger partial charge is 0.127 e. The summed E-state index contributed by atoms with van der Waals surface area (Å²) in [5.74, 6) is 0.130. The Bertz CT molecular complexity index is 1460. The zero-order valence-corrected chi connectivity index (χ0v) is 24.3. The van der Waals surface area contributed by atoms with Crippen molar-refractivity contribution in [2.75, 3.05) is 0 Å². The maximum Gasteiger partial charge on any atom is 0.127 e. The Morgan fingerprint density at radius 3 is 1.37 bits per heavy atom. The fourth-order valence-corrected chi connectivity index (χ4v) is 5.47. The van der Waals surface area contributed by atoms with E-state index >= 15 is 0 Å². The summed E-state index contributed by atoms with van der Waals surface area (Å²) in [5, 5.41) is 30.8. The molecule has 2 unspecified atom stereocenters. The number of rotatable bonds is 6. The van der Waals surface area contributed by atoms with Gasteiger partial charge in [-0.3, -0.25) is 29.9 Å². The Kier molecular flexibility index (Phi) is 6.99. The summed E-state index contributed by atoms with van der Waals surface area (Å²) < 4.78 is 0. The summed E-state index contributed by atoms with van der Waals surface area (Å²) in [7, 11) is 0. The van der Waals surface area contributed by atoms with Gasteiger partial charge in [0.2, 0.25) is 0 Å². The summed E-state index contributed by atoms with van der Waals surface area (Å²) in [6.45, 7) is 12.2. The molecule has 2 aliphatic heterocycles. The van der Waals surface area contributed by atoms with E-state index in [2.05, 4.69) is 61.5 Å². The van der Waals surface area contributed by atoms with Crippen molar-refractivity contribution in [1.82, 2.24) is 19.9 Å². The van der Waals surface area contributed by atoms with Gasteiger partial charge in [-0.05, 0) is 23.0 Å². The summed E-state index contributed by atoms with van der Waals surface area (Å²) in [4.78, 5) is 27.5. The van der Waals surface area contributed by atoms with E-state index in [4.69, 9.17) is 9.98 Å². The van der Waals surface area contributed by atoms with E-state index in [0.717, 1.165) is 11.1 Å². The van der Waals surface area contributed by atoms with Crippen LogP contribution in [-0.2, 0) is 24.3 Å². The van der Waals surface area contributed by atoms with Crippen LogP contribution in [-0.4, -0.2) is 47.7 Å². The lowest BCUT2D eigenvalue weighted by Crippen LogP contribution is -2.38. The average molecular weight is 553 g/mol. The maximum absolute atomic E-state index is 12.1. The van der Waals surface area contributed by atoms with Crippen molar-refractivity contribution in [2.24, 2.45) is 20.8 Å². The number of benzene rings is 1. The second-order valence-corrected chi connectivity index (χ2v) is 12.6. The molecule has 0 saturated heterocycles.